The van der Waals surface area contributed by atoms with Crippen molar-refractivity contribution in [3.05, 3.63) is 41.0 Å². The van der Waals surface area contributed by atoms with Gasteiger partial charge < -0.3 is 5.11 Å². The van der Waals surface area contributed by atoms with Crippen molar-refractivity contribution in [2.24, 2.45) is 0 Å². The van der Waals surface area contributed by atoms with E-state index in [1.165, 1.54) is 18.0 Å². The first kappa shape index (κ1) is 13.5. The van der Waals surface area contributed by atoms with Gasteiger partial charge in [0.1, 0.15) is 0 Å². The van der Waals surface area contributed by atoms with Crippen LogP contribution in [0.4, 0.5) is 0 Å². The number of carbonyl (C=O) groups is 1. The molecule has 0 fully saturated rings. The van der Waals surface area contributed by atoms with Crippen LogP contribution in [0.1, 0.15) is 27.4 Å². The smallest absolute Gasteiger partial charge is 0.355 e. The van der Waals surface area contributed by atoms with Gasteiger partial charge in [-0.25, -0.2) is 19.7 Å². The van der Waals surface area contributed by atoms with Crippen molar-refractivity contribution in [2.45, 2.75) is 30.8 Å². The summed E-state index contributed by atoms with van der Waals surface area (Å²) in [5.41, 5.74) is 2.87. The lowest BCUT2D eigenvalue weighted by atomic mass is 10.2. The largest absolute Gasteiger partial charge is 0.476 e. The van der Waals surface area contributed by atoms with Gasteiger partial charge in [-0.3, -0.25) is 0 Å². The Bertz CT molecular complexity index is 621. The second kappa shape index (κ2) is 5.36. The maximum Gasteiger partial charge on any atom is 0.355 e. The molecule has 0 aliphatic carbocycles. The minimum atomic E-state index is -1.05. The molecule has 1 N–H and O–H groups in total. The lowest BCUT2D eigenvalue weighted by Crippen LogP contribution is -2.03. The zero-order valence-corrected chi connectivity index (χ0v) is 11.7. The lowest BCUT2D eigenvalue weighted by Gasteiger charge is -2.07. The first-order valence-electron chi connectivity index (χ1n) is 5.67. The van der Waals surface area contributed by atoms with E-state index in [1.807, 2.05) is 20.8 Å². The normalized spacial score (nSPS) is 10.5. The molecule has 0 unspecified atom stereocenters. The SMILES string of the molecule is Cc1nc(Sc2cccnc2C(=O)O)nc(C)c1C. The number of carboxylic acid groups (broad SMARTS) is 1. The van der Waals surface area contributed by atoms with E-state index in [0.29, 0.717) is 10.1 Å². The molecule has 2 aromatic rings. The molecule has 98 valence electrons. The number of aryl methyl sites for hydroxylation is 2. The van der Waals surface area contributed by atoms with Gasteiger partial charge in [-0.1, -0.05) is 0 Å². The highest BCUT2D eigenvalue weighted by Gasteiger charge is 2.14. The molecule has 0 saturated carbocycles. The number of hydrogen-bond acceptors (Lipinski definition) is 5. The minimum absolute atomic E-state index is 0.0204. The Kier molecular flexibility index (Phi) is 3.80. The zero-order valence-electron chi connectivity index (χ0n) is 10.8. The molecule has 0 aliphatic heterocycles. The molecule has 0 atom stereocenters. The quantitative estimate of drug-likeness (QED) is 0.868. The van der Waals surface area contributed by atoms with Gasteiger partial charge in [0.15, 0.2) is 10.9 Å². The van der Waals surface area contributed by atoms with Crippen LogP contribution < -0.4 is 0 Å². The molecule has 0 spiro atoms. The van der Waals surface area contributed by atoms with E-state index in [4.69, 9.17) is 5.11 Å². The van der Waals surface area contributed by atoms with Crippen LogP contribution in [0.3, 0.4) is 0 Å². The number of rotatable bonds is 3. The van der Waals surface area contributed by atoms with E-state index in [2.05, 4.69) is 15.0 Å². The van der Waals surface area contributed by atoms with Gasteiger partial charge in [0, 0.05) is 22.5 Å². The number of nitrogens with zero attached hydrogens (tertiary/aromatic N) is 3. The first-order chi connectivity index (χ1) is 8.99. The molecule has 6 heteroatoms. The van der Waals surface area contributed by atoms with Gasteiger partial charge in [-0.15, -0.1) is 0 Å². The zero-order chi connectivity index (χ0) is 14.0. The standard InChI is InChI=1S/C13H13N3O2S/c1-7-8(2)15-13(16-9(7)3)19-10-5-4-6-14-11(10)12(17)18/h4-6H,1-3H3,(H,17,18). The van der Waals surface area contributed by atoms with Crippen LogP contribution in [0.2, 0.25) is 0 Å². The topological polar surface area (TPSA) is 76.0 Å². The van der Waals surface area contributed by atoms with E-state index >= 15 is 0 Å². The molecule has 0 aliphatic rings. The third-order valence-corrected chi connectivity index (χ3v) is 3.70. The van der Waals surface area contributed by atoms with Crippen molar-refractivity contribution in [2.75, 3.05) is 0 Å². The molecule has 19 heavy (non-hydrogen) atoms. The summed E-state index contributed by atoms with van der Waals surface area (Å²) in [5.74, 6) is -1.05. The highest BCUT2D eigenvalue weighted by molar-refractivity contribution is 7.99. The third kappa shape index (κ3) is 2.90. The molecule has 0 aromatic carbocycles. The summed E-state index contributed by atoms with van der Waals surface area (Å²) in [7, 11) is 0. The van der Waals surface area contributed by atoms with E-state index < -0.39 is 5.97 Å². The Labute approximate surface area is 115 Å². The Balaban J connectivity index is 2.39. The van der Waals surface area contributed by atoms with Crippen molar-refractivity contribution in [1.29, 1.82) is 0 Å². The second-order valence-electron chi connectivity index (χ2n) is 4.06. The van der Waals surface area contributed by atoms with Gasteiger partial charge in [0.2, 0.25) is 0 Å². The summed E-state index contributed by atoms with van der Waals surface area (Å²) in [4.78, 5) is 24.2. The molecular weight excluding hydrogens is 262 g/mol. The maximum atomic E-state index is 11.1. The summed E-state index contributed by atoms with van der Waals surface area (Å²) in [6.07, 6.45) is 1.46. The molecule has 0 bridgehead atoms. The maximum absolute atomic E-state index is 11.1. The average Bonchev–Trinajstić information content (AvgIpc) is 2.36. The van der Waals surface area contributed by atoms with Crippen molar-refractivity contribution >= 4 is 17.7 Å². The van der Waals surface area contributed by atoms with Crippen molar-refractivity contribution in [3.63, 3.8) is 0 Å². The van der Waals surface area contributed by atoms with Crippen LogP contribution in [0.5, 0.6) is 0 Å². The lowest BCUT2D eigenvalue weighted by molar-refractivity contribution is 0.0686. The summed E-state index contributed by atoms with van der Waals surface area (Å²) in [6, 6.07) is 3.40. The Morgan fingerprint density at radius 1 is 1.21 bits per heavy atom. The Hall–Kier alpha value is -1.95. The van der Waals surface area contributed by atoms with Crippen LogP contribution in [-0.2, 0) is 0 Å². The van der Waals surface area contributed by atoms with Crippen molar-refractivity contribution < 1.29 is 9.90 Å². The fraction of sp³-hybridized carbons (Fsp3) is 0.231. The number of aromatic carboxylic acids is 1. The molecule has 0 amide bonds. The molecule has 2 rings (SSSR count). The van der Waals surface area contributed by atoms with Crippen LogP contribution >= 0.6 is 11.8 Å². The number of carboxylic acids is 1. The van der Waals surface area contributed by atoms with E-state index in [-0.39, 0.29) is 5.69 Å². The summed E-state index contributed by atoms with van der Waals surface area (Å²) in [5, 5.41) is 9.62. The van der Waals surface area contributed by atoms with Crippen LogP contribution in [0.15, 0.2) is 28.4 Å². The van der Waals surface area contributed by atoms with E-state index in [1.54, 1.807) is 12.1 Å². The van der Waals surface area contributed by atoms with Crippen LogP contribution in [0.25, 0.3) is 0 Å². The number of aromatic nitrogens is 3. The second-order valence-corrected chi connectivity index (χ2v) is 5.07. The predicted octanol–water partition coefficient (Wildman–Crippen LogP) is 2.65. The molecule has 0 radical (unpaired) electrons. The molecular formula is C13H13N3O2S. The fourth-order valence-corrected chi connectivity index (χ4v) is 2.46. The Morgan fingerprint density at radius 3 is 2.42 bits per heavy atom. The monoisotopic (exact) mass is 275 g/mol. The van der Waals surface area contributed by atoms with E-state index in [9.17, 15) is 4.79 Å². The molecule has 2 heterocycles. The highest BCUT2D eigenvalue weighted by Crippen LogP contribution is 2.27. The van der Waals surface area contributed by atoms with Gasteiger partial charge in [-0.05, 0) is 50.2 Å². The molecule has 2 aromatic heterocycles. The fourth-order valence-electron chi connectivity index (χ4n) is 1.52. The minimum Gasteiger partial charge on any atom is -0.476 e. The molecule has 5 nitrogen and oxygen atoms in total. The summed E-state index contributed by atoms with van der Waals surface area (Å²) < 4.78 is 0. The number of hydrogen-bond donors (Lipinski definition) is 1. The number of pyridine rings is 1. The average molecular weight is 275 g/mol. The van der Waals surface area contributed by atoms with Crippen molar-refractivity contribution in [1.82, 2.24) is 15.0 Å². The van der Waals surface area contributed by atoms with Gasteiger partial charge in [-0.2, -0.15) is 0 Å². The van der Waals surface area contributed by atoms with Crippen LogP contribution in [0, 0.1) is 20.8 Å². The summed E-state index contributed by atoms with van der Waals surface area (Å²) >= 11 is 1.21. The van der Waals surface area contributed by atoms with Gasteiger partial charge in [0.05, 0.1) is 0 Å². The molecule has 0 saturated heterocycles. The Morgan fingerprint density at radius 2 is 1.84 bits per heavy atom. The van der Waals surface area contributed by atoms with Crippen LogP contribution in [-0.4, -0.2) is 26.0 Å². The summed E-state index contributed by atoms with van der Waals surface area (Å²) in [6.45, 7) is 5.79. The van der Waals surface area contributed by atoms with E-state index in [0.717, 1.165) is 17.0 Å². The first-order valence-corrected chi connectivity index (χ1v) is 6.48. The third-order valence-electron chi connectivity index (χ3n) is 2.79. The van der Waals surface area contributed by atoms with Crippen molar-refractivity contribution in [3.8, 4) is 0 Å². The van der Waals surface area contributed by atoms with Gasteiger partial charge >= 0.3 is 5.97 Å². The highest BCUT2D eigenvalue weighted by atomic mass is 32.2. The predicted molar refractivity (Wildman–Crippen MR) is 71.6 cm³/mol. The van der Waals surface area contributed by atoms with Gasteiger partial charge in [0.25, 0.3) is 0 Å².